The van der Waals surface area contributed by atoms with E-state index < -0.39 is 6.10 Å². The molecule has 0 radical (unpaired) electrons. The standard InChI is InChI=1S/C13H17Br2NO2.ClH/c14-10-3-4-13(12(15)7-10)18-9-11(17)8-16-5-1-2-6-16;/h3-4,7,11,17H,1-2,5-6,8-9H2;1H. The Labute approximate surface area is 137 Å². The number of rotatable bonds is 5. The Bertz CT molecular complexity index is 400. The average Bonchev–Trinajstić information content (AvgIpc) is 2.80. The fourth-order valence-corrected chi connectivity index (χ4v) is 3.26. The third-order valence-electron chi connectivity index (χ3n) is 2.99. The van der Waals surface area contributed by atoms with Crippen LogP contribution in [0.2, 0.25) is 0 Å². The highest BCUT2D eigenvalue weighted by Crippen LogP contribution is 2.28. The Morgan fingerprint density at radius 3 is 2.58 bits per heavy atom. The lowest BCUT2D eigenvalue weighted by Crippen LogP contribution is -2.33. The van der Waals surface area contributed by atoms with Crippen molar-refractivity contribution in [3.63, 3.8) is 0 Å². The number of aliphatic hydroxyl groups excluding tert-OH is 1. The lowest BCUT2D eigenvalue weighted by molar-refractivity contribution is 0.0755. The molecule has 0 aromatic heterocycles. The summed E-state index contributed by atoms with van der Waals surface area (Å²) in [5, 5.41) is 9.93. The van der Waals surface area contributed by atoms with Crippen molar-refractivity contribution in [3.05, 3.63) is 27.1 Å². The summed E-state index contributed by atoms with van der Waals surface area (Å²) >= 11 is 6.83. The number of hydrogen-bond acceptors (Lipinski definition) is 3. The van der Waals surface area contributed by atoms with E-state index in [0.29, 0.717) is 13.2 Å². The smallest absolute Gasteiger partial charge is 0.133 e. The van der Waals surface area contributed by atoms with E-state index in [1.807, 2.05) is 18.2 Å². The maximum atomic E-state index is 9.93. The van der Waals surface area contributed by atoms with Crippen molar-refractivity contribution in [3.8, 4) is 5.75 Å². The van der Waals surface area contributed by atoms with Crippen LogP contribution in [0, 0.1) is 0 Å². The molecule has 19 heavy (non-hydrogen) atoms. The number of ether oxygens (including phenoxy) is 1. The molecule has 0 spiro atoms. The second-order valence-corrected chi connectivity index (χ2v) is 6.32. The molecule has 3 nitrogen and oxygen atoms in total. The largest absolute Gasteiger partial charge is 0.490 e. The first-order valence-corrected chi connectivity index (χ1v) is 7.72. The van der Waals surface area contributed by atoms with Crippen LogP contribution >= 0.6 is 44.3 Å². The van der Waals surface area contributed by atoms with Crippen molar-refractivity contribution >= 4 is 44.3 Å². The number of β-amino-alcohol motifs (C(OH)–C–C–N with tert-alkyl or cyclic N) is 1. The van der Waals surface area contributed by atoms with E-state index in [1.54, 1.807) is 0 Å². The van der Waals surface area contributed by atoms with Gasteiger partial charge < -0.3 is 14.7 Å². The summed E-state index contributed by atoms with van der Waals surface area (Å²) < 4.78 is 7.51. The maximum absolute atomic E-state index is 9.93. The Morgan fingerprint density at radius 1 is 1.26 bits per heavy atom. The average molecular weight is 416 g/mol. The highest BCUT2D eigenvalue weighted by Gasteiger charge is 2.16. The van der Waals surface area contributed by atoms with E-state index in [4.69, 9.17) is 4.74 Å². The summed E-state index contributed by atoms with van der Waals surface area (Å²) in [5.41, 5.74) is 0. The first-order valence-electron chi connectivity index (χ1n) is 6.13. The van der Waals surface area contributed by atoms with Gasteiger partial charge in [0.25, 0.3) is 0 Å². The van der Waals surface area contributed by atoms with Gasteiger partial charge in [-0.25, -0.2) is 0 Å². The van der Waals surface area contributed by atoms with Crippen molar-refractivity contribution in [2.24, 2.45) is 0 Å². The van der Waals surface area contributed by atoms with Crippen LogP contribution in [-0.2, 0) is 0 Å². The van der Waals surface area contributed by atoms with Gasteiger partial charge in [0.05, 0.1) is 4.47 Å². The second kappa shape index (κ2) is 8.47. The van der Waals surface area contributed by atoms with Crippen molar-refractivity contribution in [1.82, 2.24) is 4.90 Å². The van der Waals surface area contributed by atoms with Gasteiger partial charge in [-0.2, -0.15) is 0 Å². The summed E-state index contributed by atoms with van der Waals surface area (Å²) in [7, 11) is 0. The second-order valence-electron chi connectivity index (χ2n) is 4.55. The molecule has 0 bridgehead atoms. The van der Waals surface area contributed by atoms with E-state index in [1.165, 1.54) is 12.8 Å². The number of likely N-dealkylation sites (tertiary alicyclic amines) is 1. The number of aliphatic hydroxyl groups is 1. The molecule has 1 aliphatic rings. The number of halogens is 3. The lowest BCUT2D eigenvalue weighted by atomic mass is 10.3. The molecule has 1 aromatic rings. The maximum Gasteiger partial charge on any atom is 0.133 e. The Hall–Kier alpha value is 0.190. The molecule has 1 N–H and O–H groups in total. The minimum absolute atomic E-state index is 0. The molecule has 1 aliphatic heterocycles. The van der Waals surface area contributed by atoms with Gasteiger partial charge in [0.2, 0.25) is 0 Å². The van der Waals surface area contributed by atoms with Gasteiger partial charge in [-0.1, -0.05) is 15.9 Å². The molecule has 0 amide bonds. The van der Waals surface area contributed by atoms with Crippen LogP contribution in [0.5, 0.6) is 5.75 Å². The normalized spacial score (nSPS) is 17.0. The summed E-state index contributed by atoms with van der Waals surface area (Å²) in [6, 6.07) is 5.74. The lowest BCUT2D eigenvalue weighted by Gasteiger charge is -2.19. The first kappa shape index (κ1) is 17.2. The highest BCUT2D eigenvalue weighted by atomic mass is 79.9. The molecular weight excluding hydrogens is 397 g/mol. The molecular formula is C13H18Br2ClNO2. The van der Waals surface area contributed by atoms with Gasteiger partial charge >= 0.3 is 0 Å². The van der Waals surface area contributed by atoms with Gasteiger partial charge in [0.15, 0.2) is 0 Å². The molecule has 0 saturated carbocycles. The Morgan fingerprint density at radius 2 is 1.95 bits per heavy atom. The molecule has 1 unspecified atom stereocenters. The van der Waals surface area contributed by atoms with Gasteiger partial charge in [-0.15, -0.1) is 12.4 Å². The van der Waals surface area contributed by atoms with Crippen LogP contribution in [-0.4, -0.2) is 42.4 Å². The Kier molecular flexibility index (Phi) is 7.69. The van der Waals surface area contributed by atoms with Gasteiger partial charge in [0, 0.05) is 11.0 Å². The first-order chi connectivity index (χ1) is 8.65. The fourth-order valence-electron chi connectivity index (χ4n) is 2.09. The zero-order valence-corrected chi connectivity index (χ0v) is 14.5. The van der Waals surface area contributed by atoms with Crippen LogP contribution < -0.4 is 4.74 Å². The van der Waals surface area contributed by atoms with Gasteiger partial charge in [-0.05, 0) is 60.1 Å². The molecule has 1 atom stereocenters. The number of nitrogens with zero attached hydrogens (tertiary/aromatic N) is 1. The third-order valence-corrected chi connectivity index (χ3v) is 4.11. The van der Waals surface area contributed by atoms with E-state index in [0.717, 1.165) is 27.8 Å². The molecule has 1 fully saturated rings. The summed E-state index contributed by atoms with van der Waals surface area (Å²) in [6.07, 6.45) is 2.05. The predicted molar refractivity (Wildman–Crippen MR) is 86.3 cm³/mol. The van der Waals surface area contributed by atoms with Crippen LogP contribution in [0.4, 0.5) is 0 Å². The van der Waals surface area contributed by atoms with E-state index in [9.17, 15) is 5.11 Å². The van der Waals surface area contributed by atoms with Crippen molar-refractivity contribution < 1.29 is 9.84 Å². The summed E-state index contributed by atoms with van der Waals surface area (Å²) in [5.74, 6) is 0.763. The van der Waals surface area contributed by atoms with E-state index in [2.05, 4.69) is 36.8 Å². The topological polar surface area (TPSA) is 32.7 Å². The fraction of sp³-hybridized carbons (Fsp3) is 0.538. The monoisotopic (exact) mass is 413 g/mol. The van der Waals surface area contributed by atoms with Crippen molar-refractivity contribution in [2.75, 3.05) is 26.2 Å². The zero-order chi connectivity index (χ0) is 13.0. The number of hydrogen-bond donors (Lipinski definition) is 1. The van der Waals surface area contributed by atoms with E-state index >= 15 is 0 Å². The third kappa shape index (κ3) is 5.60. The zero-order valence-electron chi connectivity index (χ0n) is 10.5. The summed E-state index contributed by atoms with van der Waals surface area (Å²) in [4.78, 5) is 2.28. The van der Waals surface area contributed by atoms with Crippen LogP contribution in [0.15, 0.2) is 27.1 Å². The minimum Gasteiger partial charge on any atom is -0.490 e. The van der Waals surface area contributed by atoms with Gasteiger partial charge in [-0.3, -0.25) is 0 Å². The number of benzene rings is 1. The minimum atomic E-state index is -0.432. The van der Waals surface area contributed by atoms with Crippen LogP contribution in [0.3, 0.4) is 0 Å². The highest BCUT2D eigenvalue weighted by molar-refractivity contribution is 9.11. The van der Waals surface area contributed by atoms with Crippen LogP contribution in [0.1, 0.15) is 12.8 Å². The quantitative estimate of drug-likeness (QED) is 0.799. The molecule has 2 rings (SSSR count). The van der Waals surface area contributed by atoms with Gasteiger partial charge in [0.1, 0.15) is 18.5 Å². The Balaban J connectivity index is 0.00000180. The van der Waals surface area contributed by atoms with Crippen LogP contribution in [0.25, 0.3) is 0 Å². The molecule has 0 aliphatic carbocycles. The predicted octanol–water partition coefficient (Wildman–Crippen LogP) is 3.47. The SMILES string of the molecule is Cl.OC(COc1ccc(Br)cc1Br)CN1CCCC1. The van der Waals surface area contributed by atoms with Crippen molar-refractivity contribution in [2.45, 2.75) is 18.9 Å². The summed E-state index contributed by atoms with van der Waals surface area (Å²) in [6.45, 7) is 3.23. The molecule has 1 aromatic carbocycles. The van der Waals surface area contributed by atoms with Crippen molar-refractivity contribution in [1.29, 1.82) is 0 Å². The molecule has 6 heteroatoms. The van der Waals surface area contributed by atoms with E-state index in [-0.39, 0.29) is 12.4 Å². The molecule has 108 valence electrons. The molecule has 1 heterocycles. The molecule has 1 saturated heterocycles.